The first kappa shape index (κ1) is 7.17. The lowest BCUT2D eigenvalue weighted by molar-refractivity contribution is 0.393. The Morgan fingerprint density at radius 1 is 1.50 bits per heavy atom. The van der Waals surface area contributed by atoms with E-state index >= 15 is 0 Å². The average Bonchev–Trinajstić information content (AvgIpc) is 1.87. The molecule has 0 aliphatic heterocycles. The SMILES string of the molecule is Cc1cc(C)on1.O. The molecule has 0 spiro atoms. The Hall–Kier alpha value is -0.830. The molecule has 0 fully saturated rings. The topological polar surface area (TPSA) is 57.5 Å². The first-order chi connectivity index (χ1) is 3.29. The van der Waals surface area contributed by atoms with Gasteiger partial charge in [0.1, 0.15) is 5.76 Å². The second-order valence-electron chi connectivity index (χ2n) is 1.58. The molecule has 0 aliphatic carbocycles. The van der Waals surface area contributed by atoms with E-state index in [0.29, 0.717) is 0 Å². The number of nitrogens with zero attached hydrogens (tertiary/aromatic N) is 1. The molecule has 1 aromatic rings. The molecule has 0 saturated heterocycles. The Morgan fingerprint density at radius 3 is 2.25 bits per heavy atom. The van der Waals surface area contributed by atoms with E-state index in [4.69, 9.17) is 4.52 Å². The van der Waals surface area contributed by atoms with Crippen LogP contribution >= 0.6 is 0 Å². The van der Waals surface area contributed by atoms with Crippen molar-refractivity contribution in [1.29, 1.82) is 0 Å². The van der Waals surface area contributed by atoms with Crippen molar-refractivity contribution >= 4 is 0 Å². The number of rotatable bonds is 0. The van der Waals surface area contributed by atoms with Crippen LogP contribution in [0.5, 0.6) is 0 Å². The first-order valence-corrected chi connectivity index (χ1v) is 2.19. The molecular formula is C5H9NO2. The van der Waals surface area contributed by atoms with Crippen LogP contribution in [0.3, 0.4) is 0 Å². The van der Waals surface area contributed by atoms with Gasteiger partial charge in [-0.05, 0) is 13.8 Å². The highest BCUT2D eigenvalue weighted by atomic mass is 16.5. The summed E-state index contributed by atoms with van der Waals surface area (Å²) >= 11 is 0. The Morgan fingerprint density at radius 2 is 2.12 bits per heavy atom. The Balaban J connectivity index is 0.000000490. The van der Waals surface area contributed by atoms with Crippen LogP contribution < -0.4 is 0 Å². The van der Waals surface area contributed by atoms with Gasteiger partial charge >= 0.3 is 0 Å². The second kappa shape index (κ2) is 2.47. The van der Waals surface area contributed by atoms with Crippen molar-refractivity contribution in [2.45, 2.75) is 13.8 Å². The first-order valence-electron chi connectivity index (χ1n) is 2.19. The highest BCUT2D eigenvalue weighted by Crippen LogP contribution is 1.96. The van der Waals surface area contributed by atoms with Crippen LogP contribution in [0.2, 0.25) is 0 Å². The second-order valence-corrected chi connectivity index (χ2v) is 1.58. The van der Waals surface area contributed by atoms with Gasteiger partial charge in [-0.15, -0.1) is 0 Å². The molecule has 0 unspecified atom stereocenters. The van der Waals surface area contributed by atoms with Crippen molar-refractivity contribution in [3.63, 3.8) is 0 Å². The smallest absolute Gasteiger partial charge is 0.133 e. The molecule has 1 heterocycles. The van der Waals surface area contributed by atoms with Crippen LogP contribution in [0.4, 0.5) is 0 Å². The molecule has 0 aliphatic rings. The van der Waals surface area contributed by atoms with Gasteiger partial charge in [-0.25, -0.2) is 0 Å². The maximum Gasteiger partial charge on any atom is 0.133 e. The van der Waals surface area contributed by atoms with E-state index in [1.165, 1.54) is 0 Å². The fourth-order valence-electron chi connectivity index (χ4n) is 0.491. The molecule has 3 heteroatoms. The van der Waals surface area contributed by atoms with Crippen LogP contribution in [0, 0.1) is 13.8 Å². The minimum Gasteiger partial charge on any atom is -0.412 e. The van der Waals surface area contributed by atoms with Crippen molar-refractivity contribution < 1.29 is 10.00 Å². The predicted molar refractivity (Wildman–Crippen MR) is 29.6 cm³/mol. The molecule has 46 valence electrons. The van der Waals surface area contributed by atoms with Gasteiger partial charge in [0.15, 0.2) is 0 Å². The van der Waals surface area contributed by atoms with E-state index in [2.05, 4.69) is 5.16 Å². The monoisotopic (exact) mass is 115 g/mol. The van der Waals surface area contributed by atoms with E-state index in [9.17, 15) is 0 Å². The largest absolute Gasteiger partial charge is 0.412 e. The molecule has 0 amide bonds. The van der Waals surface area contributed by atoms with Gasteiger partial charge in [-0.3, -0.25) is 0 Å². The van der Waals surface area contributed by atoms with Crippen LogP contribution in [0.1, 0.15) is 11.5 Å². The Labute approximate surface area is 47.6 Å². The number of hydrogen-bond acceptors (Lipinski definition) is 2. The van der Waals surface area contributed by atoms with Crippen molar-refractivity contribution in [3.05, 3.63) is 17.5 Å². The summed E-state index contributed by atoms with van der Waals surface area (Å²) in [6.45, 7) is 3.77. The van der Waals surface area contributed by atoms with Gasteiger partial charge in [0.2, 0.25) is 0 Å². The van der Waals surface area contributed by atoms with Crippen molar-refractivity contribution in [1.82, 2.24) is 5.16 Å². The van der Waals surface area contributed by atoms with E-state index in [1.54, 1.807) is 0 Å². The minimum absolute atomic E-state index is 0. The van der Waals surface area contributed by atoms with Gasteiger partial charge in [0, 0.05) is 6.07 Å². The standard InChI is InChI=1S/C5H7NO.H2O/c1-4-3-5(2)7-6-4;/h3H,1-2H3;1H2. The van der Waals surface area contributed by atoms with Crippen molar-refractivity contribution in [2.75, 3.05) is 0 Å². The number of hydrogen-bond donors (Lipinski definition) is 0. The van der Waals surface area contributed by atoms with Crippen LogP contribution in [-0.4, -0.2) is 10.6 Å². The normalized spacial score (nSPS) is 8.25. The summed E-state index contributed by atoms with van der Waals surface area (Å²) in [5.41, 5.74) is 0.942. The lowest BCUT2D eigenvalue weighted by Crippen LogP contribution is -1.59. The molecule has 8 heavy (non-hydrogen) atoms. The molecule has 0 aromatic carbocycles. The van der Waals surface area contributed by atoms with Gasteiger partial charge in [0.25, 0.3) is 0 Å². The van der Waals surface area contributed by atoms with Crippen LogP contribution in [-0.2, 0) is 0 Å². The van der Waals surface area contributed by atoms with E-state index in [-0.39, 0.29) is 5.48 Å². The zero-order chi connectivity index (χ0) is 5.28. The summed E-state index contributed by atoms with van der Waals surface area (Å²) in [5, 5.41) is 3.64. The molecule has 0 saturated carbocycles. The third-order valence-electron chi connectivity index (χ3n) is 0.746. The van der Waals surface area contributed by atoms with Crippen LogP contribution in [0.15, 0.2) is 10.6 Å². The summed E-state index contributed by atoms with van der Waals surface area (Å²) < 4.78 is 4.71. The minimum atomic E-state index is 0. The maximum atomic E-state index is 4.71. The molecule has 0 atom stereocenters. The fraction of sp³-hybridized carbons (Fsp3) is 0.400. The zero-order valence-electron chi connectivity index (χ0n) is 4.93. The lowest BCUT2D eigenvalue weighted by Gasteiger charge is -1.65. The predicted octanol–water partition coefficient (Wildman–Crippen LogP) is 0.467. The Kier molecular flexibility index (Phi) is 2.21. The van der Waals surface area contributed by atoms with Gasteiger partial charge < -0.3 is 10.00 Å². The summed E-state index contributed by atoms with van der Waals surface area (Å²) in [6, 6.07) is 1.89. The van der Waals surface area contributed by atoms with Crippen molar-refractivity contribution in [2.24, 2.45) is 0 Å². The quantitative estimate of drug-likeness (QED) is 0.493. The average molecular weight is 115 g/mol. The fourth-order valence-corrected chi connectivity index (χ4v) is 0.491. The van der Waals surface area contributed by atoms with E-state index in [0.717, 1.165) is 11.5 Å². The zero-order valence-corrected chi connectivity index (χ0v) is 4.93. The molecule has 0 radical (unpaired) electrons. The summed E-state index contributed by atoms with van der Waals surface area (Å²) in [7, 11) is 0. The molecule has 0 bridgehead atoms. The number of aromatic nitrogens is 1. The summed E-state index contributed by atoms with van der Waals surface area (Å²) in [4.78, 5) is 0. The lowest BCUT2D eigenvalue weighted by atomic mass is 10.4. The van der Waals surface area contributed by atoms with E-state index < -0.39 is 0 Å². The van der Waals surface area contributed by atoms with Crippen LogP contribution in [0.25, 0.3) is 0 Å². The summed E-state index contributed by atoms with van der Waals surface area (Å²) in [6.07, 6.45) is 0. The molecule has 2 N–H and O–H groups in total. The highest BCUT2D eigenvalue weighted by Gasteiger charge is 1.88. The summed E-state index contributed by atoms with van der Waals surface area (Å²) in [5.74, 6) is 0.873. The van der Waals surface area contributed by atoms with Crippen molar-refractivity contribution in [3.8, 4) is 0 Å². The molecule has 1 rings (SSSR count). The highest BCUT2D eigenvalue weighted by molar-refractivity contribution is 4.99. The third-order valence-corrected chi connectivity index (χ3v) is 0.746. The number of aryl methyl sites for hydroxylation is 2. The van der Waals surface area contributed by atoms with Gasteiger partial charge in [-0.2, -0.15) is 0 Å². The molecular weight excluding hydrogens is 106 g/mol. The third kappa shape index (κ3) is 1.35. The van der Waals surface area contributed by atoms with Gasteiger partial charge in [-0.1, -0.05) is 5.16 Å². The van der Waals surface area contributed by atoms with Gasteiger partial charge in [0.05, 0.1) is 5.69 Å². The molecule has 1 aromatic heterocycles. The Bertz CT molecular complexity index is 143. The van der Waals surface area contributed by atoms with E-state index in [1.807, 2.05) is 19.9 Å². The molecule has 3 nitrogen and oxygen atoms in total. The maximum absolute atomic E-state index is 4.71.